The third-order valence-corrected chi connectivity index (χ3v) is 4.15. The van der Waals surface area contributed by atoms with Gasteiger partial charge in [-0.3, -0.25) is 4.79 Å². The van der Waals surface area contributed by atoms with Gasteiger partial charge < -0.3 is 9.30 Å². The zero-order valence-electron chi connectivity index (χ0n) is 11.5. The van der Waals surface area contributed by atoms with Crippen molar-refractivity contribution in [3.63, 3.8) is 0 Å². The molecule has 106 valence electrons. The molecule has 0 saturated heterocycles. The van der Waals surface area contributed by atoms with Crippen LogP contribution in [0.1, 0.15) is 16.2 Å². The standard InChI is InChI=1S/C16H14N2O2S/c1-20-15-6-4-12(5-7-15)16-17-13(11-21-16)9-18-8-2-3-14(18)10-19/h2-8,10-11H,9H2,1H3. The summed E-state index contributed by atoms with van der Waals surface area (Å²) in [5.41, 5.74) is 2.68. The minimum atomic E-state index is 0.605. The highest BCUT2D eigenvalue weighted by atomic mass is 32.1. The number of methoxy groups -OCH3 is 1. The van der Waals surface area contributed by atoms with E-state index >= 15 is 0 Å². The molecule has 0 fully saturated rings. The van der Waals surface area contributed by atoms with Crippen molar-refractivity contribution in [1.29, 1.82) is 0 Å². The second kappa shape index (κ2) is 5.93. The smallest absolute Gasteiger partial charge is 0.166 e. The molecule has 2 aromatic heterocycles. The van der Waals surface area contributed by atoms with Gasteiger partial charge in [-0.1, -0.05) is 0 Å². The Morgan fingerprint density at radius 1 is 1.29 bits per heavy atom. The van der Waals surface area contributed by atoms with Gasteiger partial charge in [0.15, 0.2) is 6.29 Å². The quantitative estimate of drug-likeness (QED) is 0.677. The number of hydrogen-bond donors (Lipinski definition) is 0. The molecular formula is C16H14N2O2S. The van der Waals surface area contributed by atoms with Gasteiger partial charge in [0.05, 0.1) is 25.0 Å². The molecule has 0 N–H and O–H groups in total. The number of nitrogens with zero attached hydrogens (tertiary/aromatic N) is 2. The van der Waals surface area contributed by atoms with Crippen molar-refractivity contribution >= 4 is 17.6 Å². The molecule has 4 nitrogen and oxygen atoms in total. The second-order valence-electron chi connectivity index (χ2n) is 4.55. The van der Waals surface area contributed by atoms with Crippen LogP contribution in [-0.4, -0.2) is 22.9 Å². The van der Waals surface area contributed by atoms with Crippen molar-refractivity contribution in [3.8, 4) is 16.3 Å². The van der Waals surface area contributed by atoms with Crippen molar-refractivity contribution in [2.45, 2.75) is 6.54 Å². The molecule has 0 spiro atoms. The highest BCUT2D eigenvalue weighted by Crippen LogP contribution is 2.26. The minimum absolute atomic E-state index is 0.605. The average Bonchev–Trinajstić information content (AvgIpc) is 3.17. The van der Waals surface area contributed by atoms with Crippen LogP contribution < -0.4 is 4.74 Å². The SMILES string of the molecule is COc1ccc(-c2nc(Cn3cccc3C=O)cs2)cc1. The maximum absolute atomic E-state index is 10.9. The maximum Gasteiger partial charge on any atom is 0.166 e. The van der Waals surface area contributed by atoms with Crippen LogP contribution in [0.5, 0.6) is 5.75 Å². The van der Waals surface area contributed by atoms with E-state index < -0.39 is 0 Å². The van der Waals surface area contributed by atoms with E-state index in [-0.39, 0.29) is 0 Å². The van der Waals surface area contributed by atoms with Crippen LogP contribution in [0.2, 0.25) is 0 Å². The summed E-state index contributed by atoms with van der Waals surface area (Å²) in [7, 11) is 1.65. The summed E-state index contributed by atoms with van der Waals surface area (Å²) in [6.07, 6.45) is 2.74. The van der Waals surface area contributed by atoms with Crippen LogP contribution in [0.3, 0.4) is 0 Å². The van der Waals surface area contributed by atoms with Gasteiger partial charge in [0.2, 0.25) is 0 Å². The van der Waals surface area contributed by atoms with Gasteiger partial charge in [-0.25, -0.2) is 4.98 Å². The molecule has 2 heterocycles. The third-order valence-electron chi connectivity index (χ3n) is 3.21. The molecular weight excluding hydrogens is 284 g/mol. The van der Waals surface area contributed by atoms with Gasteiger partial charge in [0.1, 0.15) is 10.8 Å². The number of hydrogen-bond acceptors (Lipinski definition) is 4. The van der Waals surface area contributed by atoms with E-state index in [0.717, 1.165) is 28.3 Å². The Labute approximate surface area is 126 Å². The topological polar surface area (TPSA) is 44.1 Å². The predicted octanol–water partition coefficient (Wildman–Crippen LogP) is 3.48. The van der Waals surface area contributed by atoms with Crippen molar-refractivity contribution in [2.75, 3.05) is 7.11 Å². The Hall–Kier alpha value is -2.40. The van der Waals surface area contributed by atoms with E-state index in [1.54, 1.807) is 24.5 Å². The van der Waals surface area contributed by atoms with Gasteiger partial charge in [-0.05, 0) is 36.4 Å². The number of benzene rings is 1. The first kappa shape index (κ1) is 13.6. The Balaban J connectivity index is 1.81. The summed E-state index contributed by atoms with van der Waals surface area (Å²) < 4.78 is 7.04. The first-order valence-electron chi connectivity index (χ1n) is 6.49. The van der Waals surface area contributed by atoms with E-state index in [2.05, 4.69) is 4.98 Å². The maximum atomic E-state index is 10.9. The molecule has 0 unspecified atom stereocenters. The lowest BCUT2D eigenvalue weighted by Gasteiger charge is -2.02. The summed E-state index contributed by atoms with van der Waals surface area (Å²) in [6.45, 7) is 0.605. The third kappa shape index (κ3) is 2.87. The number of carbonyl (C=O) groups excluding carboxylic acids is 1. The molecule has 5 heteroatoms. The fourth-order valence-corrected chi connectivity index (χ4v) is 2.92. The summed E-state index contributed by atoms with van der Waals surface area (Å²) in [5.74, 6) is 0.832. The number of thiazole rings is 1. The molecule has 0 radical (unpaired) electrons. The van der Waals surface area contributed by atoms with Crippen molar-refractivity contribution in [3.05, 3.63) is 59.4 Å². The zero-order valence-corrected chi connectivity index (χ0v) is 12.3. The molecule has 1 aromatic carbocycles. The number of aldehydes is 1. The number of rotatable bonds is 5. The van der Waals surface area contributed by atoms with Crippen LogP contribution in [0, 0.1) is 0 Å². The summed E-state index contributed by atoms with van der Waals surface area (Å²) in [5, 5.41) is 2.99. The number of carbonyl (C=O) groups is 1. The van der Waals surface area contributed by atoms with Crippen LogP contribution in [0.25, 0.3) is 10.6 Å². The molecule has 3 aromatic rings. The van der Waals surface area contributed by atoms with Gasteiger partial charge in [-0.15, -0.1) is 11.3 Å². The van der Waals surface area contributed by atoms with E-state index in [4.69, 9.17) is 4.74 Å². The lowest BCUT2D eigenvalue weighted by molar-refractivity contribution is 0.111. The summed E-state index contributed by atoms with van der Waals surface area (Å²) in [4.78, 5) is 15.5. The van der Waals surface area contributed by atoms with Gasteiger partial charge in [0.25, 0.3) is 0 Å². The van der Waals surface area contributed by atoms with E-state index in [0.29, 0.717) is 12.2 Å². The lowest BCUT2D eigenvalue weighted by atomic mass is 10.2. The Morgan fingerprint density at radius 3 is 2.81 bits per heavy atom. The molecule has 0 amide bonds. The van der Waals surface area contributed by atoms with E-state index in [1.165, 1.54) is 0 Å². The highest BCUT2D eigenvalue weighted by Gasteiger charge is 2.07. The van der Waals surface area contributed by atoms with E-state index in [1.807, 2.05) is 46.5 Å². The predicted molar refractivity (Wildman–Crippen MR) is 83.0 cm³/mol. The van der Waals surface area contributed by atoms with Gasteiger partial charge in [-0.2, -0.15) is 0 Å². The molecule has 0 saturated carbocycles. The van der Waals surface area contributed by atoms with Crippen molar-refractivity contribution in [2.24, 2.45) is 0 Å². The average molecular weight is 298 g/mol. The largest absolute Gasteiger partial charge is 0.497 e. The Morgan fingerprint density at radius 2 is 2.10 bits per heavy atom. The Kier molecular flexibility index (Phi) is 3.83. The van der Waals surface area contributed by atoms with Crippen LogP contribution in [-0.2, 0) is 6.54 Å². The lowest BCUT2D eigenvalue weighted by Crippen LogP contribution is -2.02. The molecule has 3 rings (SSSR count). The fourth-order valence-electron chi connectivity index (χ4n) is 2.10. The molecule has 0 atom stereocenters. The van der Waals surface area contributed by atoms with Crippen molar-refractivity contribution in [1.82, 2.24) is 9.55 Å². The van der Waals surface area contributed by atoms with Crippen LogP contribution in [0.15, 0.2) is 48.0 Å². The molecule has 21 heavy (non-hydrogen) atoms. The van der Waals surface area contributed by atoms with Crippen molar-refractivity contribution < 1.29 is 9.53 Å². The second-order valence-corrected chi connectivity index (χ2v) is 5.41. The zero-order chi connectivity index (χ0) is 14.7. The molecule has 0 bridgehead atoms. The van der Waals surface area contributed by atoms with Gasteiger partial charge >= 0.3 is 0 Å². The summed E-state index contributed by atoms with van der Waals surface area (Å²) in [6, 6.07) is 11.5. The number of aromatic nitrogens is 2. The minimum Gasteiger partial charge on any atom is -0.497 e. The molecule has 0 aliphatic carbocycles. The highest BCUT2D eigenvalue weighted by molar-refractivity contribution is 7.13. The summed E-state index contributed by atoms with van der Waals surface area (Å²) >= 11 is 1.60. The fraction of sp³-hybridized carbons (Fsp3) is 0.125. The normalized spacial score (nSPS) is 10.5. The van der Waals surface area contributed by atoms with Crippen LogP contribution in [0.4, 0.5) is 0 Å². The Bertz CT molecular complexity index is 744. The van der Waals surface area contributed by atoms with E-state index in [9.17, 15) is 4.79 Å². The monoisotopic (exact) mass is 298 g/mol. The number of ether oxygens (including phenoxy) is 1. The molecule has 0 aliphatic heterocycles. The first-order valence-corrected chi connectivity index (χ1v) is 7.37. The van der Waals surface area contributed by atoms with Gasteiger partial charge in [0, 0.05) is 17.1 Å². The van der Waals surface area contributed by atoms with Crippen LogP contribution >= 0.6 is 11.3 Å². The molecule has 0 aliphatic rings. The first-order chi connectivity index (χ1) is 10.3.